The van der Waals surface area contributed by atoms with Crippen LogP contribution in [0, 0.1) is 0 Å². The number of aromatic nitrogens is 3. The molecule has 2 unspecified atom stereocenters. The maximum Gasteiger partial charge on any atom is 0.353 e. The molecular weight excluding hydrogens is 480 g/mol. The van der Waals surface area contributed by atoms with Gasteiger partial charge in [-0.15, -0.1) is 33.3 Å². The lowest BCUT2D eigenvalue weighted by Gasteiger charge is -2.49. The number of rotatable bonds is 7. The van der Waals surface area contributed by atoms with Gasteiger partial charge in [0.2, 0.25) is 5.13 Å². The molecule has 1 saturated heterocycles. The molecule has 1 fully saturated rings. The summed E-state index contributed by atoms with van der Waals surface area (Å²) in [6.07, 6.45) is 0.863. The zero-order valence-electron chi connectivity index (χ0n) is 16.6. The minimum Gasteiger partial charge on any atom is -0.477 e. The molecule has 168 valence electrons. The predicted octanol–water partition coefficient (Wildman–Crippen LogP) is -0.0968. The van der Waals surface area contributed by atoms with Crippen molar-refractivity contribution in [1.29, 1.82) is 0 Å². The highest BCUT2D eigenvalue weighted by Gasteiger charge is 2.54. The Kier molecular flexibility index (Phi) is 5.98. The van der Waals surface area contributed by atoms with E-state index in [9.17, 15) is 19.5 Å². The van der Waals surface area contributed by atoms with Crippen molar-refractivity contribution in [3.05, 3.63) is 16.1 Å². The minimum absolute atomic E-state index is 0.142. The van der Waals surface area contributed by atoms with E-state index in [1.807, 2.05) is 0 Å². The average Bonchev–Trinajstić information content (AvgIpc) is 3.40. The zero-order valence-corrected chi connectivity index (χ0v) is 19.0. The number of nitrogens with two attached hydrogens (primary N) is 1. The number of thioether (sulfide) groups is 1. The van der Waals surface area contributed by atoms with E-state index in [0.717, 1.165) is 17.6 Å². The molecule has 0 spiro atoms. The fourth-order valence-corrected chi connectivity index (χ4v) is 5.64. The van der Waals surface area contributed by atoms with Crippen LogP contribution in [0.2, 0.25) is 0 Å². The molecule has 4 heterocycles. The topological polar surface area (TPSA) is 176 Å². The summed E-state index contributed by atoms with van der Waals surface area (Å²) in [6.45, 7) is 0. The van der Waals surface area contributed by atoms with Crippen LogP contribution in [0.3, 0.4) is 0 Å². The smallest absolute Gasteiger partial charge is 0.353 e. The number of carboxylic acids is 1. The molecule has 4 rings (SSSR count). The van der Waals surface area contributed by atoms with E-state index in [0.29, 0.717) is 26.6 Å². The Morgan fingerprint density at radius 1 is 1.44 bits per heavy atom. The van der Waals surface area contributed by atoms with Gasteiger partial charge in [-0.1, -0.05) is 16.5 Å². The molecule has 0 aromatic carbocycles. The second kappa shape index (κ2) is 8.71. The summed E-state index contributed by atoms with van der Waals surface area (Å²) in [5.74, 6) is -2.01. The van der Waals surface area contributed by atoms with Crippen molar-refractivity contribution in [3.8, 4) is 5.88 Å². The minimum atomic E-state index is -1.25. The molecule has 2 amide bonds. The summed E-state index contributed by atoms with van der Waals surface area (Å²) in [6, 6.07) is -0.892. The van der Waals surface area contributed by atoms with Crippen LogP contribution in [0.15, 0.2) is 16.2 Å². The number of carbonyl (C=O) groups excluding carboxylic acids is 2. The molecule has 2 aliphatic rings. The van der Waals surface area contributed by atoms with Gasteiger partial charge in [0.1, 0.15) is 28.3 Å². The second-order valence-corrected chi connectivity index (χ2v) is 9.61. The summed E-state index contributed by atoms with van der Waals surface area (Å²) in [5, 5.41) is 26.2. The third kappa shape index (κ3) is 4.11. The number of hydrogen-bond acceptors (Lipinski definition) is 13. The Balaban J connectivity index is 1.45. The van der Waals surface area contributed by atoms with Gasteiger partial charge in [-0.05, 0) is 0 Å². The van der Waals surface area contributed by atoms with Gasteiger partial charge in [0.15, 0.2) is 5.13 Å². The van der Waals surface area contributed by atoms with Crippen molar-refractivity contribution >= 4 is 74.3 Å². The van der Waals surface area contributed by atoms with Crippen molar-refractivity contribution in [2.75, 3.05) is 30.5 Å². The number of fused-ring (bicyclic) bond motifs is 1. The number of oxime groups is 1. The first kappa shape index (κ1) is 22.0. The van der Waals surface area contributed by atoms with Crippen LogP contribution in [0.4, 0.5) is 10.3 Å². The third-order valence-corrected chi connectivity index (χ3v) is 7.42. The van der Waals surface area contributed by atoms with Crippen molar-refractivity contribution in [1.82, 2.24) is 25.4 Å². The van der Waals surface area contributed by atoms with Gasteiger partial charge >= 0.3 is 5.97 Å². The highest BCUT2D eigenvalue weighted by molar-refractivity contribution is 8.00. The summed E-state index contributed by atoms with van der Waals surface area (Å²) in [5.41, 5.74) is 5.74. The number of thiazole rings is 1. The van der Waals surface area contributed by atoms with Crippen LogP contribution < -0.4 is 20.8 Å². The predicted molar refractivity (Wildman–Crippen MR) is 119 cm³/mol. The van der Waals surface area contributed by atoms with Crippen molar-refractivity contribution in [2.45, 2.75) is 11.4 Å². The van der Waals surface area contributed by atoms with Gasteiger partial charge in [-0.25, -0.2) is 4.79 Å². The van der Waals surface area contributed by atoms with Crippen LogP contribution >= 0.6 is 34.4 Å². The molecular formula is C16H16N8O5S3. The lowest BCUT2D eigenvalue weighted by atomic mass is 10.0. The first-order valence-electron chi connectivity index (χ1n) is 8.90. The van der Waals surface area contributed by atoms with E-state index in [1.54, 1.807) is 19.0 Å². The van der Waals surface area contributed by atoms with E-state index in [2.05, 4.69) is 25.7 Å². The Hall–Kier alpha value is -3.24. The SMILES string of the molecule is CN(C)c1nnc(C2=C(C(=O)O)N3C(=O)C(NC(=O)/C=N/Oc4csc(N)n4)C3SC2)s1. The summed E-state index contributed by atoms with van der Waals surface area (Å²) in [7, 11) is 3.60. The molecule has 13 nitrogen and oxygen atoms in total. The molecule has 4 N–H and O–H groups in total. The number of carbonyl (C=O) groups is 3. The van der Waals surface area contributed by atoms with Crippen molar-refractivity contribution in [3.63, 3.8) is 0 Å². The summed E-state index contributed by atoms with van der Waals surface area (Å²) in [4.78, 5) is 48.4. The van der Waals surface area contributed by atoms with Gasteiger partial charge in [-0.2, -0.15) is 4.98 Å². The number of nitrogens with zero attached hydrogens (tertiary/aromatic N) is 6. The summed E-state index contributed by atoms with van der Waals surface area (Å²) < 4.78 is 0. The highest BCUT2D eigenvalue weighted by atomic mass is 32.2. The van der Waals surface area contributed by atoms with Crippen LogP contribution in [-0.2, 0) is 14.4 Å². The van der Waals surface area contributed by atoms with Crippen LogP contribution in [0.5, 0.6) is 5.88 Å². The van der Waals surface area contributed by atoms with Gasteiger partial charge < -0.3 is 25.9 Å². The van der Waals surface area contributed by atoms with Crippen LogP contribution in [-0.4, -0.2) is 80.4 Å². The molecule has 2 aromatic heterocycles. The van der Waals surface area contributed by atoms with E-state index >= 15 is 0 Å². The normalized spacial score (nSPS) is 20.2. The number of nitrogens with one attached hydrogen (secondary N) is 1. The van der Waals surface area contributed by atoms with Gasteiger partial charge in [0.05, 0.1) is 5.38 Å². The standard InChI is InChI=1S/C16H16N8O5S3/c1-23(2)16-22-21-11(32-16)6-4-30-13-9(12(26)24(13)10(6)14(27)28)19-7(25)3-18-29-8-5-31-15(17)20-8/h3,5,9,13H,4H2,1-2H3,(H2,17,20)(H,19,25)(H,27,28)/b18-3+. The zero-order chi connectivity index (χ0) is 23.0. The molecule has 2 atom stereocenters. The number of aliphatic carboxylic acids is 1. The first-order chi connectivity index (χ1) is 15.3. The van der Waals surface area contributed by atoms with E-state index < -0.39 is 29.2 Å². The lowest BCUT2D eigenvalue weighted by molar-refractivity contribution is -0.149. The maximum atomic E-state index is 12.7. The Morgan fingerprint density at radius 3 is 2.84 bits per heavy atom. The number of hydrogen-bond donors (Lipinski definition) is 3. The highest BCUT2D eigenvalue weighted by Crippen LogP contribution is 2.44. The Labute approximate surface area is 192 Å². The number of carboxylic acid groups (broad SMARTS) is 1. The molecule has 32 heavy (non-hydrogen) atoms. The van der Waals surface area contributed by atoms with Crippen LogP contribution in [0.25, 0.3) is 5.57 Å². The fraction of sp³-hybridized carbons (Fsp3) is 0.312. The van der Waals surface area contributed by atoms with Gasteiger partial charge in [0, 0.05) is 25.4 Å². The molecule has 2 aliphatic heterocycles. The monoisotopic (exact) mass is 496 g/mol. The van der Waals surface area contributed by atoms with E-state index in [4.69, 9.17) is 10.6 Å². The largest absolute Gasteiger partial charge is 0.477 e. The van der Waals surface area contributed by atoms with Gasteiger partial charge in [0.25, 0.3) is 17.7 Å². The molecule has 2 aromatic rings. The molecule has 0 aliphatic carbocycles. The van der Waals surface area contributed by atoms with Gasteiger partial charge in [-0.3, -0.25) is 14.5 Å². The Morgan fingerprint density at radius 2 is 2.22 bits per heavy atom. The van der Waals surface area contributed by atoms with E-state index in [-0.39, 0.29) is 11.6 Å². The molecule has 0 radical (unpaired) electrons. The Bertz CT molecular complexity index is 1140. The number of amides is 2. The number of β-lactam (4-membered cyclic amide) rings is 1. The lowest BCUT2D eigenvalue weighted by Crippen LogP contribution is -2.70. The molecule has 16 heteroatoms. The maximum absolute atomic E-state index is 12.7. The van der Waals surface area contributed by atoms with Crippen molar-refractivity contribution in [2.24, 2.45) is 5.16 Å². The van der Waals surface area contributed by atoms with Crippen molar-refractivity contribution < 1.29 is 24.3 Å². The molecule has 0 bridgehead atoms. The number of nitrogen functional groups attached to an aromatic ring is 1. The third-order valence-electron chi connectivity index (χ3n) is 4.34. The average molecular weight is 497 g/mol. The summed E-state index contributed by atoms with van der Waals surface area (Å²) >= 11 is 3.72. The fourth-order valence-electron chi connectivity index (χ4n) is 2.93. The molecule has 0 saturated carbocycles. The second-order valence-electron chi connectivity index (χ2n) is 6.66. The van der Waals surface area contributed by atoms with Crippen LogP contribution in [0.1, 0.15) is 5.01 Å². The number of anilines is 2. The quantitative estimate of drug-likeness (QED) is 0.265. The first-order valence-corrected chi connectivity index (χ1v) is 11.6. The van der Waals surface area contributed by atoms with E-state index in [1.165, 1.54) is 33.4 Å².